The number of phosphoric acid groups is 1. The van der Waals surface area contributed by atoms with Gasteiger partial charge in [0.25, 0.3) is 0 Å². The third kappa shape index (κ3) is 6.22. The number of rotatable bonds is 8. The second-order valence-electron chi connectivity index (χ2n) is 2.71. The number of unbranched alkanes of at least 4 members (excludes halogenated alkanes) is 3. The molecule has 0 atom stereocenters. The van der Waals surface area contributed by atoms with Gasteiger partial charge in [0.15, 0.2) is 0 Å². The molecule has 5 heteroatoms. The molecule has 0 amide bonds. The van der Waals surface area contributed by atoms with Crippen molar-refractivity contribution in [2.24, 2.45) is 0 Å². The van der Waals surface area contributed by atoms with Crippen molar-refractivity contribution in [2.45, 2.75) is 32.6 Å². The van der Waals surface area contributed by atoms with Crippen molar-refractivity contribution in [3.8, 4) is 0 Å². The molecule has 0 heterocycles. The molecule has 0 aliphatic heterocycles. The minimum Gasteiger partial charge on any atom is -0.290 e. The average molecular weight is 210 g/mol. The normalized spacial score (nSPS) is 11.9. The zero-order valence-electron chi connectivity index (χ0n) is 8.62. The monoisotopic (exact) mass is 210 g/mol. The van der Waals surface area contributed by atoms with Crippen LogP contribution >= 0.6 is 7.82 Å². The second kappa shape index (κ2) is 7.51. The van der Waals surface area contributed by atoms with Crippen LogP contribution < -0.4 is 0 Å². The predicted molar refractivity (Wildman–Crippen MR) is 51.7 cm³/mol. The lowest BCUT2D eigenvalue weighted by Gasteiger charge is -2.12. The van der Waals surface area contributed by atoms with Gasteiger partial charge in [-0.25, -0.2) is 4.57 Å². The highest BCUT2D eigenvalue weighted by atomic mass is 31.2. The van der Waals surface area contributed by atoms with Gasteiger partial charge in [0.2, 0.25) is 0 Å². The Balaban J connectivity index is 3.45. The van der Waals surface area contributed by atoms with Crippen molar-refractivity contribution in [2.75, 3.05) is 20.8 Å². The van der Waals surface area contributed by atoms with Crippen LogP contribution in [0.1, 0.15) is 32.6 Å². The van der Waals surface area contributed by atoms with Crippen molar-refractivity contribution in [1.82, 2.24) is 0 Å². The number of hydrogen-bond acceptors (Lipinski definition) is 4. The molecular formula is C8H19O4P. The smallest absolute Gasteiger partial charge is 0.290 e. The molecule has 0 unspecified atom stereocenters. The Morgan fingerprint density at radius 1 is 1.08 bits per heavy atom. The highest BCUT2D eigenvalue weighted by Gasteiger charge is 2.21. The molecular weight excluding hydrogens is 191 g/mol. The Bertz CT molecular complexity index is 152. The fourth-order valence-electron chi connectivity index (χ4n) is 0.885. The number of hydrogen-bond donors (Lipinski definition) is 0. The first-order valence-electron chi connectivity index (χ1n) is 4.54. The summed E-state index contributed by atoms with van der Waals surface area (Å²) in [4.78, 5) is 0. The molecule has 0 saturated heterocycles. The Hall–Kier alpha value is 0.110. The lowest BCUT2D eigenvalue weighted by molar-refractivity contribution is 0.150. The summed E-state index contributed by atoms with van der Waals surface area (Å²) in [5.41, 5.74) is 0. The van der Waals surface area contributed by atoms with E-state index in [1.54, 1.807) is 0 Å². The minimum absolute atomic E-state index is 0.430. The quantitative estimate of drug-likeness (QED) is 0.456. The Labute approximate surface area is 80.2 Å². The fourth-order valence-corrected chi connectivity index (χ4v) is 1.60. The van der Waals surface area contributed by atoms with E-state index in [-0.39, 0.29) is 0 Å². The van der Waals surface area contributed by atoms with Crippen LogP contribution in [0.2, 0.25) is 0 Å². The SMILES string of the molecule is CCCCCCOP(=O)(OC)OC. The molecule has 0 spiro atoms. The first-order valence-corrected chi connectivity index (χ1v) is 6.00. The summed E-state index contributed by atoms with van der Waals surface area (Å²) in [5.74, 6) is 0. The zero-order chi connectivity index (χ0) is 10.2. The van der Waals surface area contributed by atoms with Crippen LogP contribution in [0.3, 0.4) is 0 Å². The molecule has 0 aromatic carbocycles. The topological polar surface area (TPSA) is 44.8 Å². The number of phosphoric ester groups is 1. The van der Waals surface area contributed by atoms with Crippen LogP contribution in [0.25, 0.3) is 0 Å². The third-order valence-corrected chi connectivity index (χ3v) is 3.09. The molecule has 0 fully saturated rings. The molecule has 0 radical (unpaired) electrons. The Morgan fingerprint density at radius 3 is 2.15 bits per heavy atom. The largest absolute Gasteiger partial charge is 0.474 e. The maximum absolute atomic E-state index is 11.3. The summed E-state index contributed by atoms with van der Waals surface area (Å²) >= 11 is 0. The van der Waals surface area contributed by atoms with Gasteiger partial charge in [-0.05, 0) is 6.42 Å². The molecule has 0 rings (SSSR count). The van der Waals surface area contributed by atoms with Gasteiger partial charge in [0.1, 0.15) is 0 Å². The van der Waals surface area contributed by atoms with Gasteiger partial charge in [-0.3, -0.25) is 13.6 Å². The van der Waals surface area contributed by atoms with Crippen LogP contribution in [0.5, 0.6) is 0 Å². The van der Waals surface area contributed by atoms with E-state index in [1.807, 2.05) is 0 Å². The zero-order valence-corrected chi connectivity index (χ0v) is 9.51. The van der Waals surface area contributed by atoms with Gasteiger partial charge in [0, 0.05) is 14.2 Å². The van der Waals surface area contributed by atoms with E-state index in [0.717, 1.165) is 12.8 Å². The highest BCUT2D eigenvalue weighted by molar-refractivity contribution is 7.48. The first kappa shape index (κ1) is 13.1. The van der Waals surface area contributed by atoms with Crippen LogP contribution in [0, 0.1) is 0 Å². The van der Waals surface area contributed by atoms with E-state index >= 15 is 0 Å². The van der Waals surface area contributed by atoms with Crippen LogP contribution in [0.15, 0.2) is 0 Å². The minimum atomic E-state index is -3.23. The summed E-state index contributed by atoms with van der Waals surface area (Å²) in [6, 6.07) is 0. The van der Waals surface area contributed by atoms with E-state index in [4.69, 9.17) is 4.52 Å². The lowest BCUT2D eigenvalue weighted by atomic mass is 10.2. The molecule has 0 aromatic heterocycles. The molecule has 4 nitrogen and oxygen atoms in total. The van der Waals surface area contributed by atoms with E-state index in [9.17, 15) is 4.57 Å². The van der Waals surface area contributed by atoms with E-state index < -0.39 is 7.82 Å². The summed E-state index contributed by atoms with van der Waals surface area (Å²) in [6.07, 6.45) is 4.33. The van der Waals surface area contributed by atoms with Gasteiger partial charge in [0.05, 0.1) is 6.61 Å². The van der Waals surface area contributed by atoms with Gasteiger partial charge in [-0.2, -0.15) is 0 Å². The Kier molecular flexibility index (Phi) is 7.57. The maximum atomic E-state index is 11.3. The molecule has 80 valence electrons. The summed E-state index contributed by atoms with van der Waals surface area (Å²) in [7, 11) is -0.598. The average Bonchev–Trinajstić information content (AvgIpc) is 2.17. The van der Waals surface area contributed by atoms with Gasteiger partial charge < -0.3 is 0 Å². The second-order valence-corrected chi connectivity index (χ2v) is 4.59. The standard InChI is InChI=1S/C8H19O4P/c1-4-5-6-7-8-12-13(9,10-2)11-3/h4-8H2,1-3H3. The third-order valence-electron chi connectivity index (χ3n) is 1.69. The van der Waals surface area contributed by atoms with Crippen molar-refractivity contribution >= 4 is 7.82 Å². The molecule has 0 bridgehead atoms. The van der Waals surface area contributed by atoms with Crippen molar-refractivity contribution in [3.63, 3.8) is 0 Å². The first-order chi connectivity index (χ1) is 6.18. The van der Waals surface area contributed by atoms with E-state index in [0.29, 0.717) is 6.61 Å². The molecule has 0 N–H and O–H groups in total. The van der Waals surface area contributed by atoms with Crippen LogP contribution in [-0.2, 0) is 18.1 Å². The highest BCUT2D eigenvalue weighted by Crippen LogP contribution is 2.47. The van der Waals surface area contributed by atoms with Crippen molar-refractivity contribution in [1.29, 1.82) is 0 Å². The van der Waals surface area contributed by atoms with Crippen molar-refractivity contribution < 1.29 is 18.1 Å². The molecule has 0 aliphatic carbocycles. The summed E-state index contributed by atoms with van der Waals surface area (Å²) in [5, 5.41) is 0. The van der Waals surface area contributed by atoms with Crippen LogP contribution in [0.4, 0.5) is 0 Å². The van der Waals surface area contributed by atoms with Gasteiger partial charge in [-0.1, -0.05) is 26.2 Å². The molecule has 0 saturated carbocycles. The molecule has 0 aliphatic rings. The molecule has 0 aromatic rings. The fraction of sp³-hybridized carbons (Fsp3) is 1.00. The lowest BCUT2D eigenvalue weighted by Crippen LogP contribution is -1.96. The maximum Gasteiger partial charge on any atom is 0.474 e. The summed E-state index contributed by atoms with van der Waals surface area (Å²) < 4.78 is 25.5. The van der Waals surface area contributed by atoms with Gasteiger partial charge >= 0.3 is 7.82 Å². The van der Waals surface area contributed by atoms with Crippen molar-refractivity contribution in [3.05, 3.63) is 0 Å². The van der Waals surface area contributed by atoms with Gasteiger partial charge in [-0.15, -0.1) is 0 Å². The molecule has 13 heavy (non-hydrogen) atoms. The van der Waals surface area contributed by atoms with E-state index in [2.05, 4.69) is 16.0 Å². The summed E-state index contributed by atoms with van der Waals surface area (Å²) in [6.45, 7) is 2.56. The Morgan fingerprint density at radius 2 is 1.69 bits per heavy atom. The van der Waals surface area contributed by atoms with E-state index in [1.165, 1.54) is 27.1 Å². The van der Waals surface area contributed by atoms with Crippen LogP contribution in [-0.4, -0.2) is 20.8 Å². The predicted octanol–water partition coefficient (Wildman–Crippen LogP) is 2.98.